The first-order chi connectivity index (χ1) is 8.63. The number of ether oxygens (including phenoxy) is 1. The number of anilines is 1. The van der Waals surface area contributed by atoms with Crippen LogP contribution in [-0.2, 0) is 4.74 Å². The molecule has 5 heteroatoms. The van der Waals surface area contributed by atoms with Gasteiger partial charge in [-0.1, -0.05) is 24.9 Å². The Labute approximate surface area is 122 Å². The molecule has 0 fully saturated rings. The number of halogens is 2. The topological polar surface area (TPSA) is 41.5 Å². The van der Waals surface area contributed by atoms with Gasteiger partial charge in [0.05, 0.1) is 12.7 Å². The van der Waals surface area contributed by atoms with Gasteiger partial charge >= 0.3 is 0 Å². The van der Waals surface area contributed by atoms with Crippen molar-refractivity contribution >= 4 is 33.2 Å². The number of rotatable bonds is 8. The quantitative estimate of drug-likeness (QED) is 0.711. The second-order valence-electron chi connectivity index (χ2n) is 4.09. The van der Waals surface area contributed by atoms with E-state index in [1.807, 2.05) is 12.1 Å². The lowest BCUT2D eigenvalue weighted by Gasteiger charge is -2.14. The molecule has 18 heavy (non-hydrogen) atoms. The van der Waals surface area contributed by atoms with Crippen LogP contribution < -0.4 is 5.32 Å². The maximum absolute atomic E-state index is 9.73. The Bertz CT molecular complexity index is 363. The molecule has 0 radical (unpaired) electrons. The number of aliphatic hydroxyl groups excluding tert-OH is 1. The van der Waals surface area contributed by atoms with Crippen molar-refractivity contribution in [3.05, 3.63) is 27.7 Å². The molecule has 0 bridgehead atoms. The summed E-state index contributed by atoms with van der Waals surface area (Å²) in [5.41, 5.74) is 0.909. The van der Waals surface area contributed by atoms with E-state index in [4.69, 9.17) is 16.3 Å². The van der Waals surface area contributed by atoms with Crippen molar-refractivity contribution in [1.82, 2.24) is 0 Å². The molecule has 1 aromatic carbocycles. The summed E-state index contributed by atoms with van der Waals surface area (Å²) in [4.78, 5) is 0. The minimum absolute atomic E-state index is 0.359. The van der Waals surface area contributed by atoms with Crippen LogP contribution in [0.3, 0.4) is 0 Å². The molecule has 102 valence electrons. The normalized spacial score (nSPS) is 12.4. The van der Waals surface area contributed by atoms with E-state index in [0.29, 0.717) is 24.8 Å². The average Bonchev–Trinajstić information content (AvgIpc) is 2.33. The van der Waals surface area contributed by atoms with E-state index in [1.54, 1.807) is 6.07 Å². The zero-order chi connectivity index (χ0) is 13.4. The Morgan fingerprint density at radius 1 is 1.50 bits per heavy atom. The standard InChI is InChI=1S/C13H19BrClNO2/c1-2-3-6-18-9-11(17)8-16-13-5-4-10(15)7-12(13)14/h4-5,7,11,16-17H,2-3,6,8-9H2,1H3. The highest BCUT2D eigenvalue weighted by molar-refractivity contribution is 9.10. The van der Waals surface area contributed by atoms with Crippen LogP contribution in [0.15, 0.2) is 22.7 Å². The summed E-state index contributed by atoms with van der Waals surface area (Å²) in [5, 5.41) is 13.5. The van der Waals surface area contributed by atoms with Crippen molar-refractivity contribution in [2.45, 2.75) is 25.9 Å². The highest BCUT2D eigenvalue weighted by Crippen LogP contribution is 2.25. The average molecular weight is 337 g/mol. The Morgan fingerprint density at radius 3 is 2.94 bits per heavy atom. The molecule has 0 aliphatic rings. The van der Waals surface area contributed by atoms with Crippen molar-refractivity contribution in [1.29, 1.82) is 0 Å². The third-order valence-electron chi connectivity index (χ3n) is 2.41. The van der Waals surface area contributed by atoms with Crippen LogP contribution >= 0.6 is 27.5 Å². The number of benzene rings is 1. The summed E-state index contributed by atoms with van der Waals surface area (Å²) in [5.74, 6) is 0. The predicted octanol–water partition coefficient (Wildman–Crippen LogP) is 3.69. The van der Waals surface area contributed by atoms with Gasteiger partial charge in [0.25, 0.3) is 0 Å². The molecule has 0 amide bonds. The Morgan fingerprint density at radius 2 is 2.28 bits per heavy atom. The van der Waals surface area contributed by atoms with E-state index < -0.39 is 6.10 Å². The lowest BCUT2D eigenvalue weighted by Crippen LogP contribution is -2.25. The molecule has 0 saturated heterocycles. The van der Waals surface area contributed by atoms with Gasteiger partial charge in [-0.2, -0.15) is 0 Å². The summed E-state index contributed by atoms with van der Waals surface area (Å²) in [6, 6.07) is 5.49. The first-order valence-corrected chi connectivity index (χ1v) is 7.25. The second-order valence-corrected chi connectivity index (χ2v) is 5.38. The summed E-state index contributed by atoms with van der Waals surface area (Å²) in [6.07, 6.45) is 1.62. The molecule has 0 aliphatic carbocycles. The fraction of sp³-hybridized carbons (Fsp3) is 0.538. The van der Waals surface area contributed by atoms with Gasteiger partial charge in [-0.15, -0.1) is 0 Å². The highest BCUT2D eigenvalue weighted by atomic mass is 79.9. The van der Waals surface area contributed by atoms with Gasteiger partial charge in [0, 0.05) is 28.3 Å². The van der Waals surface area contributed by atoms with Crippen LogP contribution in [0, 0.1) is 0 Å². The first-order valence-electron chi connectivity index (χ1n) is 6.08. The fourth-order valence-corrected chi connectivity index (χ4v) is 2.21. The zero-order valence-corrected chi connectivity index (χ0v) is 12.8. The van der Waals surface area contributed by atoms with Crippen molar-refractivity contribution in [3.63, 3.8) is 0 Å². The Balaban J connectivity index is 2.27. The van der Waals surface area contributed by atoms with Crippen LogP contribution in [0.4, 0.5) is 5.69 Å². The fourth-order valence-electron chi connectivity index (χ4n) is 1.39. The third-order valence-corrected chi connectivity index (χ3v) is 3.30. The smallest absolute Gasteiger partial charge is 0.0945 e. The molecule has 0 spiro atoms. The molecular formula is C13H19BrClNO2. The molecule has 0 aliphatic heterocycles. The lowest BCUT2D eigenvalue weighted by atomic mass is 10.3. The number of nitrogens with one attached hydrogen (secondary N) is 1. The van der Waals surface area contributed by atoms with E-state index in [1.165, 1.54) is 0 Å². The van der Waals surface area contributed by atoms with Crippen LogP contribution in [0.25, 0.3) is 0 Å². The molecule has 3 nitrogen and oxygen atoms in total. The van der Waals surface area contributed by atoms with Gasteiger partial charge in [-0.3, -0.25) is 0 Å². The highest BCUT2D eigenvalue weighted by Gasteiger charge is 2.06. The summed E-state index contributed by atoms with van der Waals surface area (Å²) in [6.45, 7) is 3.63. The predicted molar refractivity (Wildman–Crippen MR) is 79.4 cm³/mol. The van der Waals surface area contributed by atoms with Crippen LogP contribution in [0.5, 0.6) is 0 Å². The van der Waals surface area contributed by atoms with E-state index in [9.17, 15) is 5.11 Å². The molecule has 0 heterocycles. The van der Waals surface area contributed by atoms with Gasteiger partial charge < -0.3 is 15.2 Å². The first kappa shape index (κ1) is 15.8. The third kappa shape index (κ3) is 6.05. The van der Waals surface area contributed by atoms with Gasteiger partial charge in [0.15, 0.2) is 0 Å². The van der Waals surface area contributed by atoms with Crippen molar-refractivity contribution in [3.8, 4) is 0 Å². The van der Waals surface area contributed by atoms with Crippen molar-refractivity contribution in [2.75, 3.05) is 25.1 Å². The van der Waals surface area contributed by atoms with Crippen molar-refractivity contribution < 1.29 is 9.84 Å². The van der Waals surface area contributed by atoms with Crippen LogP contribution in [0.2, 0.25) is 5.02 Å². The Kier molecular flexibility index (Phi) is 7.66. The summed E-state index contributed by atoms with van der Waals surface area (Å²) >= 11 is 9.26. The number of unbranched alkanes of at least 4 members (excludes halogenated alkanes) is 1. The van der Waals surface area contributed by atoms with Gasteiger partial charge in [0.1, 0.15) is 0 Å². The molecule has 1 rings (SSSR count). The monoisotopic (exact) mass is 335 g/mol. The molecule has 2 N–H and O–H groups in total. The minimum Gasteiger partial charge on any atom is -0.389 e. The maximum atomic E-state index is 9.73. The largest absolute Gasteiger partial charge is 0.389 e. The van der Waals surface area contributed by atoms with Gasteiger partial charge in [0.2, 0.25) is 0 Å². The minimum atomic E-state index is -0.510. The number of hydrogen-bond acceptors (Lipinski definition) is 3. The lowest BCUT2D eigenvalue weighted by molar-refractivity contribution is 0.0421. The van der Waals surface area contributed by atoms with Gasteiger partial charge in [-0.25, -0.2) is 0 Å². The molecule has 1 aromatic rings. The van der Waals surface area contributed by atoms with Crippen LogP contribution in [0.1, 0.15) is 19.8 Å². The second kappa shape index (κ2) is 8.75. The van der Waals surface area contributed by atoms with Gasteiger partial charge in [-0.05, 0) is 40.5 Å². The summed E-state index contributed by atoms with van der Waals surface area (Å²) < 4.78 is 6.23. The summed E-state index contributed by atoms with van der Waals surface area (Å²) in [7, 11) is 0. The number of hydrogen-bond donors (Lipinski definition) is 2. The van der Waals surface area contributed by atoms with Crippen molar-refractivity contribution in [2.24, 2.45) is 0 Å². The molecule has 1 atom stereocenters. The molecule has 0 saturated carbocycles. The maximum Gasteiger partial charge on any atom is 0.0945 e. The molecule has 1 unspecified atom stereocenters. The Hall–Kier alpha value is -0.290. The molecular weight excluding hydrogens is 318 g/mol. The zero-order valence-electron chi connectivity index (χ0n) is 10.5. The molecule has 0 aromatic heterocycles. The number of aliphatic hydroxyl groups is 1. The van der Waals surface area contributed by atoms with E-state index in [-0.39, 0.29) is 0 Å². The van der Waals surface area contributed by atoms with E-state index in [0.717, 1.165) is 23.0 Å². The van der Waals surface area contributed by atoms with E-state index in [2.05, 4.69) is 28.2 Å². The van der Waals surface area contributed by atoms with Crippen LogP contribution in [-0.4, -0.2) is 31.0 Å². The van der Waals surface area contributed by atoms with E-state index >= 15 is 0 Å². The SMILES string of the molecule is CCCCOCC(O)CNc1ccc(Cl)cc1Br.